The molecule has 3 heterocycles. The van der Waals surface area contributed by atoms with Crippen LogP contribution in [0, 0.1) is 10.1 Å². The molecular formula is C28H39Cl2N9O4. The van der Waals surface area contributed by atoms with Crippen LogP contribution in [0.25, 0.3) is 11.2 Å². The van der Waals surface area contributed by atoms with Crippen molar-refractivity contribution in [1.29, 1.82) is 0 Å². The average Bonchev–Trinajstić information content (AvgIpc) is 3.65. The van der Waals surface area contributed by atoms with Gasteiger partial charge in [-0.05, 0) is 63.5 Å². The normalized spacial score (nSPS) is 21.1. The zero-order valence-electron chi connectivity index (χ0n) is 23.9. The molecule has 0 bridgehead atoms. The van der Waals surface area contributed by atoms with Crippen LogP contribution >= 0.6 is 24.8 Å². The highest BCUT2D eigenvalue weighted by molar-refractivity contribution is 5.86. The number of aromatic nitrogens is 4. The number of anilines is 2. The molecule has 2 aliphatic carbocycles. The van der Waals surface area contributed by atoms with Gasteiger partial charge in [0.15, 0.2) is 17.0 Å². The highest BCUT2D eigenvalue weighted by Gasteiger charge is 2.28. The molecule has 0 radical (unpaired) electrons. The fourth-order valence-corrected chi connectivity index (χ4v) is 6.18. The topological polar surface area (TPSA) is 166 Å². The lowest BCUT2D eigenvalue weighted by Crippen LogP contribution is -2.43. The average molecular weight is 637 g/mol. The van der Waals surface area contributed by atoms with Crippen molar-refractivity contribution in [2.24, 2.45) is 5.73 Å². The Balaban J connectivity index is 0.00000212. The van der Waals surface area contributed by atoms with E-state index >= 15 is 0 Å². The van der Waals surface area contributed by atoms with Gasteiger partial charge in [0.2, 0.25) is 5.95 Å². The maximum atomic E-state index is 12.7. The number of amides is 1. The minimum Gasteiger partial charge on any atom is -0.410 e. The summed E-state index contributed by atoms with van der Waals surface area (Å²) in [5, 5.41) is 18.0. The van der Waals surface area contributed by atoms with Crippen LogP contribution in [0.5, 0.6) is 5.75 Å². The van der Waals surface area contributed by atoms with Gasteiger partial charge in [-0.1, -0.05) is 12.8 Å². The van der Waals surface area contributed by atoms with Gasteiger partial charge >= 0.3 is 6.09 Å². The SMILES string of the molecule is Cl.Cl.NC1CCC(Nc2nc(NC3CCN(C(=O)Oc4ccc([N+](=O)[O-])cc4)CC3)c3ncn(C4CCCC4)c3n2)CC1. The van der Waals surface area contributed by atoms with Gasteiger partial charge in [0.1, 0.15) is 5.75 Å². The van der Waals surface area contributed by atoms with E-state index in [1.807, 2.05) is 6.33 Å². The summed E-state index contributed by atoms with van der Waals surface area (Å²) in [6, 6.07) is 6.60. The Bertz CT molecular complexity index is 1380. The number of nitrogens with two attached hydrogens (primary N) is 1. The molecule has 2 aromatic heterocycles. The van der Waals surface area contributed by atoms with Crippen molar-refractivity contribution in [2.45, 2.75) is 88.4 Å². The summed E-state index contributed by atoms with van der Waals surface area (Å²) in [6.45, 7) is 1.03. The summed E-state index contributed by atoms with van der Waals surface area (Å²) in [5.41, 5.74) is 7.69. The predicted octanol–water partition coefficient (Wildman–Crippen LogP) is 5.45. The summed E-state index contributed by atoms with van der Waals surface area (Å²) >= 11 is 0. The molecule has 1 amide bonds. The molecule has 3 fully saturated rings. The van der Waals surface area contributed by atoms with Gasteiger partial charge in [0.05, 0.1) is 11.3 Å². The monoisotopic (exact) mass is 635 g/mol. The highest BCUT2D eigenvalue weighted by atomic mass is 35.5. The summed E-state index contributed by atoms with van der Waals surface area (Å²) in [7, 11) is 0. The van der Waals surface area contributed by atoms with E-state index in [0.29, 0.717) is 49.8 Å². The van der Waals surface area contributed by atoms with Gasteiger partial charge in [-0.15, -0.1) is 24.8 Å². The number of carbonyl (C=O) groups excluding carboxylic acids is 1. The van der Waals surface area contributed by atoms with Gasteiger partial charge in [0.25, 0.3) is 5.69 Å². The molecule has 0 spiro atoms. The van der Waals surface area contributed by atoms with E-state index in [9.17, 15) is 14.9 Å². The lowest BCUT2D eigenvalue weighted by molar-refractivity contribution is -0.384. The second-order valence-electron chi connectivity index (χ2n) is 11.4. The number of halogens is 2. The fraction of sp³-hybridized carbons (Fsp3) is 0.571. The Kier molecular flexibility index (Phi) is 10.9. The third kappa shape index (κ3) is 7.57. The van der Waals surface area contributed by atoms with Crippen LogP contribution in [0.4, 0.5) is 22.2 Å². The predicted molar refractivity (Wildman–Crippen MR) is 169 cm³/mol. The molecule has 234 valence electrons. The first-order chi connectivity index (χ1) is 19.9. The molecule has 0 atom stereocenters. The molecule has 2 saturated carbocycles. The zero-order valence-corrected chi connectivity index (χ0v) is 25.5. The Morgan fingerprint density at radius 1 is 0.930 bits per heavy atom. The smallest absolute Gasteiger partial charge is 0.410 e. The van der Waals surface area contributed by atoms with Gasteiger partial charge in [-0.3, -0.25) is 10.1 Å². The minimum absolute atomic E-state index is 0. The lowest BCUT2D eigenvalue weighted by Gasteiger charge is -2.32. The van der Waals surface area contributed by atoms with Crippen LogP contribution in [0.2, 0.25) is 0 Å². The van der Waals surface area contributed by atoms with E-state index in [2.05, 4.69) is 15.2 Å². The van der Waals surface area contributed by atoms with E-state index < -0.39 is 11.0 Å². The number of fused-ring (bicyclic) bond motifs is 1. The van der Waals surface area contributed by atoms with Crippen molar-refractivity contribution in [3.8, 4) is 5.75 Å². The van der Waals surface area contributed by atoms with Crippen LogP contribution in [0.1, 0.15) is 70.3 Å². The number of hydrogen-bond acceptors (Lipinski definition) is 10. The molecule has 1 saturated heterocycles. The molecule has 1 aliphatic heterocycles. The summed E-state index contributed by atoms with van der Waals surface area (Å²) < 4.78 is 7.66. The summed E-state index contributed by atoms with van der Waals surface area (Å²) in [6.07, 6.45) is 11.6. The molecule has 3 aromatic rings. The van der Waals surface area contributed by atoms with Crippen molar-refractivity contribution in [2.75, 3.05) is 23.7 Å². The summed E-state index contributed by atoms with van der Waals surface area (Å²) in [5.74, 6) is 1.61. The van der Waals surface area contributed by atoms with Crippen LogP contribution < -0.4 is 21.1 Å². The van der Waals surface area contributed by atoms with Crippen LogP contribution in [-0.4, -0.2) is 66.7 Å². The minimum atomic E-state index is -0.487. The van der Waals surface area contributed by atoms with Crippen molar-refractivity contribution in [3.05, 3.63) is 40.7 Å². The third-order valence-electron chi connectivity index (χ3n) is 8.59. The highest BCUT2D eigenvalue weighted by Crippen LogP contribution is 2.34. The first-order valence-corrected chi connectivity index (χ1v) is 14.7. The first kappa shape index (κ1) is 32.5. The second kappa shape index (κ2) is 14.4. The largest absolute Gasteiger partial charge is 0.415 e. The Hall–Kier alpha value is -3.42. The molecule has 0 unspecified atom stereocenters. The molecule has 15 heteroatoms. The van der Waals surface area contributed by atoms with Crippen LogP contribution in [0.15, 0.2) is 30.6 Å². The van der Waals surface area contributed by atoms with Gasteiger partial charge in [-0.2, -0.15) is 9.97 Å². The van der Waals surface area contributed by atoms with Crippen molar-refractivity contribution >= 4 is 59.5 Å². The number of imidazole rings is 1. The van der Waals surface area contributed by atoms with Gasteiger partial charge < -0.3 is 30.6 Å². The third-order valence-corrected chi connectivity index (χ3v) is 8.59. The number of nitro groups is 1. The number of nitrogens with one attached hydrogen (secondary N) is 2. The maximum Gasteiger partial charge on any atom is 0.415 e. The standard InChI is InChI=1S/C28H37N9O4.2ClH/c29-18-5-7-19(8-6-18)32-27-33-25(24-26(34-27)36(17-30-24)21-3-1-2-4-21)31-20-13-15-35(16-14-20)28(38)41-23-11-9-22(10-12-23)37(39)40;;/h9-12,17-21H,1-8,13-16,29H2,(H2,31,32,33,34);2*1H. The lowest BCUT2D eigenvalue weighted by atomic mass is 9.92. The van der Waals surface area contributed by atoms with Crippen LogP contribution in [-0.2, 0) is 0 Å². The zero-order chi connectivity index (χ0) is 28.3. The number of benzene rings is 1. The van der Waals surface area contributed by atoms with Crippen molar-refractivity contribution in [3.63, 3.8) is 0 Å². The molecular weight excluding hydrogens is 597 g/mol. The molecule has 4 N–H and O–H groups in total. The van der Waals surface area contributed by atoms with Gasteiger partial charge in [0, 0.05) is 49.4 Å². The number of nitro benzene ring substituents is 1. The quantitative estimate of drug-likeness (QED) is 0.224. The Morgan fingerprint density at radius 3 is 2.23 bits per heavy atom. The number of piperidine rings is 1. The Morgan fingerprint density at radius 2 is 1.58 bits per heavy atom. The number of carbonyl (C=O) groups is 1. The van der Waals surface area contributed by atoms with E-state index in [1.165, 1.54) is 37.1 Å². The first-order valence-electron chi connectivity index (χ1n) is 14.7. The number of hydrogen-bond donors (Lipinski definition) is 3. The Labute approximate surface area is 262 Å². The summed E-state index contributed by atoms with van der Waals surface area (Å²) in [4.78, 5) is 39.3. The second-order valence-corrected chi connectivity index (χ2v) is 11.4. The molecule has 3 aliphatic rings. The molecule has 1 aromatic carbocycles. The number of likely N-dealkylation sites (tertiary alicyclic amines) is 1. The van der Waals surface area contributed by atoms with E-state index in [1.54, 1.807) is 4.90 Å². The number of non-ortho nitro benzene ring substituents is 1. The molecule has 43 heavy (non-hydrogen) atoms. The van der Waals surface area contributed by atoms with E-state index in [-0.39, 0.29) is 48.3 Å². The van der Waals surface area contributed by atoms with E-state index in [0.717, 1.165) is 49.7 Å². The molecule has 6 rings (SSSR count). The van der Waals surface area contributed by atoms with Gasteiger partial charge in [-0.25, -0.2) is 9.78 Å². The van der Waals surface area contributed by atoms with E-state index in [4.69, 9.17) is 25.4 Å². The molecule has 13 nitrogen and oxygen atoms in total. The van der Waals surface area contributed by atoms with Crippen molar-refractivity contribution in [1.82, 2.24) is 24.4 Å². The maximum absolute atomic E-state index is 12.7. The van der Waals surface area contributed by atoms with Crippen molar-refractivity contribution < 1.29 is 14.5 Å². The van der Waals surface area contributed by atoms with Crippen LogP contribution in [0.3, 0.4) is 0 Å². The number of nitrogens with zero attached hydrogens (tertiary/aromatic N) is 6. The fourth-order valence-electron chi connectivity index (χ4n) is 6.18. The number of ether oxygens (including phenoxy) is 1. The number of rotatable bonds is 7.